The van der Waals surface area contributed by atoms with Crippen LogP contribution in [0.4, 0.5) is 0 Å². The van der Waals surface area contributed by atoms with E-state index in [2.05, 4.69) is 47.5 Å². The van der Waals surface area contributed by atoms with Gasteiger partial charge in [-0.05, 0) is 105 Å². The number of piperidine rings is 2. The van der Waals surface area contributed by atoms with Crippen LogP contribution in [0.25, 0.3) is 0 Å². The van der Waals surface area contributed by atoms with Gasteiger partial charge >= 0.3 is 0 Å². The minimum Gasteiger partial charge on any atom is -0.342 e. The van der Waals surface area contributed by atoms with Crippen LogP contribution in [0.2, 0.25) is 0 Å². The molecule has 1 N–H and O–H groups in total. The van der Waals surface area contributed by atoms with E-state index < -0.39 is 0 Å². The van der Waals surface area contributed by atoms with E-state index in [9.17, 15) is 4.79 Å². The third-order valence-corrected chi connectivity index (χ3v) is 9.96. The molecule has 3 nitrogen and oxygen atoms in total. The number of rotatable bonds is 2. The van der Waals surface area contributed by atoms with Crippen molar-refractivity contribution in [2.45, 2.75) is 76.5 Å². The molecule has 0 radical (unpaired) electrons. The third-order valence-electron chi connectivity index (χ3n) is 9.96. The number of nitrogens with zero attached hydrogens (tertiary/aromatic N) is 1. The van der Waals surface area contributed by atoms with Gasteiger partial charge in [0.15, 0.2) is 0 Å². The molecule has 0 aromatic heterocycles. The van der Waals surface area contributed by atoms with Crippen molar-refractivity contribution in [1.82, 2.24) is 10.2 Å². The van der Waals surface area contributed by atoms with Crippen LogP contribution in [0.1, 0.15) is 76.7 Å². The van der Waals surface area contributed by atoms with Crippen LogP contribution in [-0.4, -0.2) is 37.0 Å². The molecule has 1 aromatic rings. The number of hydrogen-bond acceptors (Lipinski definition) is 2. The summed E-state index contributed by atoms with van der Waals surface area (Å²) in [6.45, 7) is 6.83. The average molecular weight is 407 g/mol. The first-order chi connectivity index (χ1) is 14.4. The van der Waals surface area contributed by atoms with Crippen molar-refractivity contribution in [3.63, 3.8) is 0 Å². The zero-order chi connectivity index (χ0) is 20.5. The smallest absolute Gasteiger partial charge is 0.228 e. The molecule has 4 bridgehead atoms. The van der Waals surface area contributed by atoms with Gasteiger partial charge in [0.1, 0.15) is 0 Å². The van der Waals surface area contributed by atoms with Crippen LogP contribution < -0.4 is 5.32 Å². The number of hydrogen-bond donors (Lipinski definition) is 1. The molecule has 7 rings (SSSR count). The maximum atomic E-state index is 14.2. The Kier molecular flexibility index (Phi) is 4.24. The SMILES string of the molecule is CC12CC3CC(C(=O)N4CCC5(CCNCC5)CC4)(C1)CC(c1ccccc1)(C3)C2. The van der Waals surface area contributed by atoms with Crippen molar-refractivity contribution < 1.29 is 4.79 Å². The van der Waals surface area contributed by atoms with Crippen molar-refractivity contribution in [2.24, 2.45) is 22.2 Å². The molecular formula is C27H38N2O. The van der Waals surface area contributed by atoms with E-state index >= 15 is 0 Å². The van der Waals surface area contributed by atoms with Crippen molar-refractivity contribution in [3.8, 4) is 0 Å². The summed E-state index contributed by atoms with van der Waals surface area (Å²) in [5, 5.41) is 3.52. The summed E-state index contributed by atoms with van der Waals surface area (Å²) < 4.78 is 0. The Morgan fingerprint density at radius 2 is 1.67 bits per heavy atom. The minimum atomic E-state index is -0.0946. The van der Waals surface area contributed by atoms with E-state index in [1.807, 2.05) is 0 Å². The average Bonchev–Trinajstić information content (AvgIpc) is 2.73. The monoisotopic (exact) mass is 406 g/mol. The minimum absolute atomic E-state index is 0.0946. The van der Waals surface area contributed by atoms with Crippen LogP contribution in [0, 0.1) is 22.2 Å². The Bertz CT molecular complexity index is 821. The lowest BCUT2D eigenvalue weighted by atomic mass is 9.38. The lowest BCUT2D eigenvalue weighted by Gasteiger charge is -2.66. The molecule has 1 spiro atoms. The zero-order valence-corrected chi connectivity index (χ0v) is 18.7. The fourth-order valence-electron chi connectivity index (χ4n) is 9.25. The van der Waals surface area contributed by atoms with Crippen LogP contribution in [-0.2, 0) is 10.2 Å². The van der Waals surface area contributed by atoms with E-state index in [4.69, 9.17) is 0 Å². The summed E-state index contributed by atoms with van der Waals surface area (Å²) >= 11 is 0. The number of carbonyl (C=O) groups is 1. The van der Waals surface area contributed by atoms with Crippen molar-refractivity contribution >= 4 is 5.91 Å². The number of benzene rings is 1. The summed E-state index contributed by atoms with van der Waals surface area (Å²) in [6.07, 6.45) is 12.4. The summed E-state index contributed by atoms with van der Waals surface area (Å²) in [4.78, 5) is 16.5. The molecule has 4 aliphatic carbocycles. The summed E-state index contributed by atoms with van der Waals surface area (Å²) in [7, 11) is 0. The summed E-state index contributed by atoms with van der Waals surface area (Å²) in [5.74, 6) is 1.26. The van der Waals surface area contributed by atoms with E-state index in [-0.39, 0.29) is 10.8 Å². The highest BCUT2D eigenvalue weighted by atomic mass is 16.2. The quantitative estimate of drug-likeness (QED) is 0.757. The molecule has 4 atom stereocenters. The Hall–Kier alpha value is -1.35. The summed E-state index contributed by atoms with van der Waals surface area (Å²) in [6, 6.07) is 11.2. The van der Waals surface area contributed by atoms with E-state index in [0.717, 1.165) is 51.4 Å². The van der Waals surface area contributed by atoms with Gasteiger partial charge in [0, 0.05) is 13.1 Å². The van der Waals surface area contributed by atoms with Crippen LogP contribution in [0.3, 0.4) is 0 Å². The molecule has 4 unspecified atom stereocenters. The molecule has 162 valence electrons. The van der Waals surface area contributed by atoms with Gasteiger partial charge in [0.2, 0.25) is 5.91 Å². The molecule has 2 saturated heterocycles. The Morgan fingerprint density at radius 3 is 2.37 bits per heavy atom. The van der Waals surface area contributed by atoms with E-state index in [1.165, 1.54) is 50.5 Å². The van der Waals surface area contributed by atoms with Crippen LogP contribution in [0.15, 0.2) is 30.3 Å². The van der Waals surface area contributed by atoms with Gasteiger partial charge in [-0.3, -0.25) is 4.79 Å². The second kappa shape index (κ2) is 6.58. The first-order valence-electron chi connectivity index (χ1n) is 12.5. The van der Waals surface area contributed by atoms with Gasteiger partial charge in [-0.1, -0.05) is 37.3 Å². The molecule has 1 aromatic carbocycles. The molecule has 6 fully saturated rings. The number of amides is 1. The van der Waals surface area contributed by atoms with Gasteiger partial charge in [-0.2, -0.15) is 0 Å². The predicted octanol–water partition coefficient (Wildman–Crippen LogP) is 4.91. The molecule has 2 heterocycles. The maximum absolute atomic E-state index is 14.2. The lowest BCUT2D eigenvalue weighted by molar-refractivity contribution is -0.172. The Labute approximate surface area is 182 Å². The first-order valence-corrected chi connectivity index (χ1v) is 12.5. The van der Waals surface area contributed by atoms with Gasteiger partial charge in [-0.15, -0.1) is 0 Å². The highest BCUT2D eigenvalue weighted by Gasteiger charge is 2.65. The second-order valence-corrected chi connectivity index (χ2v) is 12.3. The van der Waals surface area contributed by atoms with E-state index in [0.29, 0.717) is 16.7 Å². The van der Waals surface area contributed by atoms with Gasteiger partial charge in [0.25, 0.3) is 0 Å². The molecular weight excluding hydrogens is 368 g/mol. The number of nitrogens with one attached hydrogen (secondary N) is 1. The van der Waals surface area contributed by atoms with Gasteiger partial charge in [-0.25, -0.2) is 0 Å². The predicted molar refractivity (Wildman–Crippen MR) is 120 cm³/mol. The lowest BCUT2D eigenvalue weighted by Crippen LogP contribution is -2.63. The maximum Gasteiger partial charge on any atom is 0.228 e. The normalized spacial score (nSPS) is 41.9. The Balaban J connectivity index is 1.27. The summed E-state index contributed by atoms with van der Waals surface area (Å²) in [5.41, 5.74) is 2.50. The standard InChI is InChI=1S/C27H38N2O/c1-24-15-21-16-26(18-24,22-5-3-2-4-6-22)20-27(17-21,19-24)23(30)29-13-9-25(10-14-29)7-11-28-12-8-25/h2-6,21,28H,7-20H2,1H3. The fourth-order valence-corrected chi connectivity index (χ4v) is 9.25. The third kappa shape index (κ3) is 2.91. The first kappa shape index (κ1) is 19.3. The number of likely N-dealkylation sites (tertiary alicyclic amines) is 1. The van der Waals surface area contributed by atoms with E-state index in [1.54, 1.807) is 0 Å². The largest absolute Gasteiger partial charge is 0.342 e. The molecule has 1 amide bonds. The zero-order valence-electron chi connectivity index (χ0n) is 18.7. The van der Waals surface area contributed by atoms with Crippen molar-refractivity contribution in [2.75, 3.05) is 26.2 Å². The fraction of sp³-hybridized carbons (Fsp3) is 0.741. The van der Waals surface area contributed by atoms with Crippen LogP contribution in [0.5, 0.6) is 0 Å². The van der Waals surface area contributed by atoms with Crippen molar-refractivity contribution in [1.29, 1.82) is 0 Å². The Morgan fingerprint density at radius 1 is 0.933 bits per heavy atom. The molecule has 6 aliphatic rings. The molecule has 2 aliphatic heterocycles. The van der Waals surface area contributed by atoms with Gasteiger partial charge < -0.3 is 10.2 Å². The molecule has 30 heavy (non-hydrogen) atoms. The highest BCUT2D eigenvalue weighted by molar-refractivity contribution is 5.84. The molecule has 3 heteroatoms. The molecule has 4 saturated carbocycles. The van der Waals surface area contributed by atoms with Gasteiger partial charge in [0.05, 0.1) is 5.41 Å². The van der Waals surface area contributed by atoms with Crippen LogP contribution >= 0.6 is 0 Å². The second-order valence-electron chi connectivity index (χ2n) is 12.3. The van der Waals surface area contributed by atoms with Crippen molar-refractivity contribution in [3.05, 3.63) is 35.9 Å². The number of carbonyl (C=O) groups excluding carboxylic acids is 1. The highest BCUT2D eigenvalue weighted by Crippen LogP contribution is 2.70. The topological polar surface area (TPSA) is 32.3 Å².